The van der Waals surface area contributed by atoms with E-state index < -0.39 is 0 Å². The molecule has 0 aromatic rings. The number of hydrogen-bond acceptors (Lipinski definition) is 1. The minimum Gasteiger partial charge on any atom is -0.135 e. The molecule has 0 aromatic heterocycles. The van der Waals surface area contributed by atoms with Crippen molar-refractivity contribution in [1.82, 2.24) is 0 Å². The molecule has 1 aliphatic rings. The van der Waals surface area contributed by atoms with Crippen molar-refractivity contribution in [2.45, 2.75) is 6.04 Å². The van der Waals surface area contributed by atoms with Gasteiger partial charge in [-0.3, -0.25) is 0 Å². The van der Waals surface area contributed by atoms with E-state index >= 15 is 0 Å². The Morgan fingerprint density at radius 3 is 2.83 bits per heavy atom. The average molecular weight is 114 g/mol. The summed E-state index contributed by atoms with van der Waals surface area (Å²) in [6.07, 6.45) is 0. The van der Waals surface area contributed by atoms with Gasteiger partial charge in [0.15, 0.2) is 0 Å². The van der Waals surface area contributed by atoms with Crippen molar-refractivity contribution in [3.8, 4) is 0 Å². The highest BCUT2D eigenvalue weighted by atomic mass is 32.2. The Morgan fingerprint density at radius 1 is 1.67 bits per heavy atom. The summed E-state index contributed by atoms with van der Waals surface area (Å²) < 4.78 is 0. The van der Waals surface area contributed by atoms with Crippen LogP contribution in [0.25, 0.3) is 0 Å². The van der Waals surface area contributed by atoms with Gasteiger partial charge in [0.1, 0.15) is 0 Å². The van der Waals surface area contributed by atoms with Gasteiger partial charge in [0, 0.05) is 0 Å². The molecule has 0 unspecified atom stereocenters. The van der Waals surface area contributed by atoms with Crippen LogP contribution in [-0.4, -0.2) is 15.3 Å². The zero-order valence-electron chi connectivity index (χ0n) is 3.48. The second kappa shape index (κ2) is 2.47. The van der Waals surface area contributed by atoms with Crippen LogP contribution in [0, 0.1) is 0 Å². The summed E-state index contributed by atoms with van der Waals surface area (Å²) in [5.74, 6) is 1.34. The van der Waals surface area contributed by atoms with Gasteiger partial charge in [-0.05, 0) is 17.2 Å². The van der Waals surface area contributed by atoms with Crippen LogP contribution in [0.2, 0.25) is 6.04 Å². The van der Waals surface area contributed by atoms with Crippen LogP contribution in [0.15, 0.2) is 11.1 Å². The van der Waals surface area contributed by atoms with E-state index in [9.17, 15) is 0 Å². The molecule has 32 valence electrons. The maximum Gasteiger partial charge on any atom is 0.0718 e. The third-order valence-electron chi connectivity index (χ3n) is 0.646. The molecule has 0 spiro atoms. The lowest BCUT2D eigenvalue weighted by molar-refractivity contribution is 1.49. The van der Waals surface area contributed by atoms with Gasteiger partial charge >= 0.3 is 0 Å². The summed E-state index contributed by atoms with van der Waals surface area (Å²) in [4.78, 5) is 0. The maximum atomic E-state index is 2.26. The van der Waals surface area contributed by atoms with E-state index in [2.05, 4.69) is 11.1 Å². The van der Waals surface area contributed by atoms with Crippen molar-refractivity contribution in [3.63, 3.8) is 0 Å². The van der Waals surface area contributed by atoms with E-state index in [0.717, 1.165) is 9.52 Å². The molecule has 1 rings (SSSR count). The van der Waals surface area contributed by atoms with Gasteiger partial charge in [-0.15, -0.1) is 11.8 Å². The summed E-state index contributed by atoms with van der Waals surface area (Å²) in [5, 5.41) is 2.20. The monoisotopic (exact) mass is 114 g/mol. The van der Waals surface area contributed by atoms with Crippen molar-refractivity contribution in [3.05, 3.63) is 11.1 Å². The number of thioether (sulfide) groups is 1. The lowest BCUT2D eigenvalue weighted by Gasteiger charge is -1.96. The van der Waals surface area contributed by atoms with Crippen molar-refractivity contribution in [2.24, 2.45) is 0 Å². The fourth-order valence-electron chi connectivity index (χ4n) is 0.365. The Balaban J connectivity index is 2.26. The van der Waals surface area contributed by atoms with E-state index in [0.29, 0.717) is 0 Å². The highest BCUT2D eigenvalue weighted by molar-refractivity contribution is 8.02. The number of rotatable bonds is 0. The molecule has 0 aromatic carbocycles. The SMILES string of the molecule is C1=CSCC[Si]1. The molecular formula is C4H6SSi. The topological polar surface area (TPSA) is 0 Å². The van der Waals surface area contributed by atoms with Gasteiger partial charge in [-0.2, -0.15) is 0 Å². The van der Waals surface area contributed by atoms with E-state index in [1.165, 1.54) is 11.8 Å². The van der Waals surface area contributed by atoms with E-state index in [4.69, 9.17) is 0 Å². The molecule has 1 aliphatic heterocycles. The lowest BCUT2D eigenvalue weighted by Crippen LogP contribution is -1.89. The highest BCUT2D eigenvalue weighted by Crippen LogP contribution is 2.08. The highest BCUT2D eigenvalue weighted by Gasteiger charge is 1.89. The second-order valence-corrected chi connectivity index (χ2v) is 3.38. The van der Waals surface area contributed by atoms with Crippen LogP contribution < -0.4 is 0 Å². The Bertz CT molecular complexity index is 52.6. The molecule has 2 radical (unpaired) electrons. The van der Waals surface area contributed by atoms with Crippen LogP contribution in [0.4, 0.5) is 0 Å². The number of hydrogen-bond donors (Lipinski definition) is 0. The Labute approximate surface area is 44.8 Å². The summed E-state index contributed by atoms with van der Waals surface area (Å²) >= 11 is 1.92. The fraction of sp³-hybridized carbons (Fsp3) is 0.500. The Kier molecular flexibility index (Phi) is 1.84. The second-order valence-electron chi connectivity index (χ2n) is 1.13. The van der Waals surface area contributed by atoms with Crippen LogP contribution in [0.5, 0.6) is 0 Å². The predicted molar refractivity (Wildman–Crippen MR) is 32.2 cm³/mol. The van der Waals surface area contributed by atoms with E-state index in [1.54, 1.807) is 0 Å². The standard InChI is InChI=1S/C4H6SSi/c1-3-6-4-2-5-1/h1,3H,2,4H2. The normalized spacial score (nSPS) is 21.3. The van der Waals surface area contributed by atoms with Crippen LogP contribution in [0.1, 0.15) is 0 Å². The summed E-state index contributed by atoms with van der Waals surface area (Å²) in [6, 6.07) is 1.40. The molecule has 0 atom stereocenters. The molecule has 1 heterocycles. The van der Waals surface area contributed by atoms with Gasteiger partial charge in [-0.1, -0.05) is 5.70 Å². The minimum atomic E-state index is 1.10. The van der Waals surface area contributed by atoms with Crippen molar-refractivity contribution in [1.29, 1.82) is 0 Å². The lowest BCUT2D eigenvalue weighted by atomic mass is 10.9. The molecule has 2 heteroatoms. The van der Waals surface area contributed by atoms with Gasteiger partial charge in [-0.25, -0.2) is 0 Å². The molecule has 0 amide bonds. The first-order chi connectivity index (χ1) is 3.00. The summed E-state index contributed by atoms with van der Waals surface area (Å²) in [7, 11) is 1.10. The van der Waals surface area contributed by atoms with E-state index in [1.807, 2.05) is 11.8 Å². The fourth-order valence-corrected chi connectivity index (χ4v) is 2.38. The minimum absolute atomic E-state index is 1.10. The molecule has 0 nitrogen and oxygen atoms in total. The molecule has 6 heavy (non-hydrogen) atoms. The quantitative estimate of drug-likeness (QED) is 0.428. The van der Waals surface area contributed by atoms with Crippen LogP contribution >= 0.6 is 11.8 Å². The van der Waals surface area contributed by atoms with Crippen LogP contribution in [0.3, 0.4) is 0 Å². The van der Waals surface area contributed by atoms with Crippen molar-refractivity contribution < 1.29 is 0 Å². The molecular weight excluding hydrogens is 108 g/mol. The zero-order chi connectivity index (χ0) is 4.24. The van der Waals surface area contributed by atoms with Crippen LogP contribution in [-0.2, 0) is 0 Å². The predicted octanol–water partition coefficient (Wildman–Crippen LogP) is 1.33. The average Bonchev–Trinajstić information content (AvgIpc) is 1.72. The zero-order valence-corrected chi connectivity index (χ0v) is 5.29. The third kappa shape index (κ3) is 1.18. The molecule has 0 N–H and O–H groups in total. The van der Waals surface area contributed by atoms with E-state index in [-0.39, 0.29) is 0 Å². The molecule has 0 saturated heterocycles. The molecule has 0 aliphatic carbocycles. The summed E-state index contributed by atoms with van der Waals surface area (Å²) in [6.45, 7) is 0. The molecule has 0 fully saturated rings. The van der Waals surface area contributed by atoms with Gasteiger partial charge in [0.2, 0.25) is 0 Å². The first kappa shape index (κ1) is 4.47. The Hall–Kier alpha value is 0.307. The Morgan fingerprint density at radius 2 is 2.67 bits per heavy atom. The van der Waals surface area contributed by atoms with Gasteiger partial charge < -0.3 is 0 Å². The first-order valence-electron chi connectivity index (χ1n) is 2.00. The molecule has 0 bridgehead atoms. The molecule has 0 saturated carbocycles. The first-order valence-corrected chi connectivity index (χ1v) is 4.33. The van der Waals surface area contributed by atoms with Crippen molar-refractivity contribution >= 4 is 21.3 Å². The summed E-state index contributed by atoms with van der Waals surface area (Å²) in [5.41, 5.74) is 2.26. The third-order valence-corrected chi connectivity index (χ3v) is 2.96. The maximum absolute atomic E-state index is 2.26. The van der Waals surface area contributed by atoms with Gasteiger partial charge in [0.25, 0.3) is 0 Å². The largest absolute Gasteiger partial charge is 0.135 e. The van der Waals surface area contributed by atoms with Gasteiger partial charge in [0.05, 0.1) is 9.52 Å². The smallest absolute Gasteiger partial charge is 0.0718 e. The van der Waals surface area contributed by atoms with Crippen molar-refractivity contribution in [2.75, 3.05) is 5.75 Å².